The maximum Gasteiger partial charge on any atom is 0.307 e. The van der Waals surface area contributed by atoms with E-state index < -0.39 is 29.4 Å². The van der Waals surface area contributed by atoms with E-state index in [1.807, 2.05) is 0 Å². The summed E-state index contributed by atoms with van der Waals surface area (Å²) in [5.41, 5.74) is 0.317. The zero-order valence-electron chi connectivity index (χ0n) is 10.9. The average Bonchev–Trinajstić information content (AvgIpc) is 3.15. The van der Waals surface area contributed by atoms with Gasteiger partial charge in [0, 0.05) is 18.5 Å². The molecule has 0 radical (unpaired) electrons. The van der Waals surface area contributed by atoms with Gasteiger partial charge < -0.3 is 10.4 Å². The Morgan fingerprint density at radius 1 is 1.40 bits per heavy atom. The molecule has 2 rings (SSSR count). The first-order valence-electron chi connectivity index (χ1n) is 6.35. The predicted octanol–water partition coefficient (Wildman–Crippen LogP) is 1.91. The summed E-state index contributed by atoms with van der Waals surface area (Å²) in [6.07, 6.45) is 0.348. The van der Waals surface area contributed by atoms with Crippen LogP contribution in [0.25, 0.3) is 0 Å². The second kappa shape index (κ2) is 5.56. The zero-order chi connectivity index (χ0) is 14.9. The van der Waals surface area contributed by atoms with E-state index >= 15 is 0 Å². The Bertz CT molecular complexity index is 547. The van der Waals surface area contributed by atoms with E-state index in [0.717, 1.165) is 12.1 Å². The van der Waals surface area contributed by atoms with Crippen LogP contribution in [0.3, 0.4) is 0 Å². The molecule has 1 amide bonds. The van der Waals surface area contributed by atoms with Crippen LogP contribution in [0.15, 0.2) is 18.2 Å². The smallest absolute Gasteiger partial charge is 0.307 e. The Kier molecular flexibility index (Phi) is 4.01. The molecule has 108 valence electrons. The minimum absolute atomic E-state index is 0.185. The highest BCUT2D eigenvalue weighted by Crippen LogP contribution is 2.38. The summed E-state index contributed by atoms with van der Waals surface area (Å²) in [4.78, 5) is 22.3. The molecule has 0 saturated heterocycles. The number of carbonyl (C=O) groups is 2. The summed E-state index contributed by atoms with van der Waals surface area (Å²) in [7, 11) is 0. The molecule has 2 N–H and O–H groups in total. The van der Waals surface area contributed by atoms with Crippen LogP contribution in [-0.4, -0.2) is 23.5 Å². The summed E-state index contributed by atoms with van der Waals surface area (Å²) >= 11 is 0. The Hall–Kier alpha value is -1.98. The molecule has 6 heteroatoms. The van der Waals surface area contributed by atoms with Gasteiger partial charge in [0.25, 0.3) is 0 Å². The number of nitrogens with one attached hydrogen (secondary N) is 1. The first kappa shape index (κ1) is 14.4. The highest BCUT2D eigenvalue weighted by atomic mass is 19.1. The van der Waals surface area contributed by atoms with Gasteiger partial charge in [0.2, 0.25) is 5.91 Å². The lowest BCUT2D eigenvalue weighted by atomic mass is 10.0. The van der Waals surface area contributed by atoms with Crippen molar-refractivity contribution in [1.29, 1.82) is 0 Å². The van der Waals surface area contributed by atoms with Crippen LogP contribution in [0.5, 0.6) is 0 Å². The molecule has 1 saturated carbocycles. The number of rotatable bonds is 5. The Morgan fingerprint density at radius 3 is 2.65 bits per heavy atom. The average molecular weight is 283 g/mol. The second-order valence-corrected chi connectivity index (χ2v) is 5.10. The molecule has 0 aliphatic heterocycles. The molecule has 0 heterocycles. The van der Waals surface area contributed by atoms with Gasteiger partial charge >= 0.3 is 5.97 Å². The van der Waals surface area contributed by atoms with E-state index in [0.29, 0.717) is 12.0 Å². The minimum atomic E-state index is -0.970. The Labute approximate surface area is 114 Å². The molecule has 0 aromatic heterocycles. The van der Waals surface area contributed by atoms with Crippen molar-refractivity contribution in [2.75, 3.05) is 6.54 Å². The number of aliphatic carboxylic acids is 1. The van der Waals surface area contributed by atoms with Gasteiger partial charge in [-0.3, -0.25) is 9.59 Å². The molecule has 1 fully saturated rings. The molecule has 1 aliphatic carbocycles. The fraction of sp³-hybridized carbons (Fsp3) is 0.429. The Morgan fingerprint density at radius 2 is 2.10 bits per heavy atom. The summed E-state index contributed by atoms with van der Waals surface area (Å²) in [6.45, 7) is 1.89. The van der Waals surface area contributed by atoms with E-state index in [4.69, 9.17) is 5.11 Å². The number of hydrogen-bond acceptors (Lipinski definition) is 2. The van der Waals surface area contributed by atoms with Crippen LogP contribution >= 0.6 is 0 Å². The van der Waals surface area contributed by atoms with Crippen molar-refractivity contribution in [3.63, 3.8) is 0 Å². The SMILES string of the molecule is C[C@H](CNC(=O)[C@@H]1C[C@@H]1C(=O)O)c1ccc(F)cc1F. The molecule has 1 aliphatic rings. The fourth-order valence-electron chi connectivity index (χ4n) is 2.15. The van der Waals surface area contributed by atoms with E-state index in [-0.39, 0.29) is 18.4 Å². The molecule has 1 aromatic rings. The van der Waals surface area contributed by atoms with E-state index in [1.165, 1.54) is 6.07 Å². The van der Waals surface area contributed by atoms with Gasteiger partial charge in [-0.2, -0.15) is 0 Å². The summed E-state index contributed by atoms with van der Waals surface area (Å²) in [6, 6.07) is 3.31. The monoisotopic (exact) mass is 283 g/mol. The third kappa shape index (κ3) is 3.12. The molecule has 0 bridgehead atoms. The Balaban J connectivity index is 1.88. The van der Waals surface area contributed by atoms with Gasteiger partial charge in [-0.1, -0.05) is 13.0 Å². The van der Waals surface area contributed by atoms with Crippen molar-refractivity contribution in [1.82, 2.24) is 5.32 Å². The highest BCUT2D eigenvalue weighted by Gasteiger charge is 2.48. The quantitative estimate of drug-likeness (QED) is 0.867. The minimum Gasteiger partial charge on any atom is -0.481 e. The van der Waals surface area contributed by atoms with E-state index in [2.05, 4.69) is 5.32 Å². The van der Waals surface area contributed by atoms with Crippen LogP contribution < -0.4 is 5.32 Å². The number of halogens is 2. The first-order chi connectivity index (χ1) is 9.40. The lowest BCUT2D eigenvalue weighted by Gasteiger charge is -2.14. The van der Waals surface area contributed by atoms with Gasteiger partial charge in [0.15, 0.2) is 0 Å². The van der Waals surface area contributed by atoms with Gasteiger partial charge in [-0.05, 0) is 18.1 Å². The normalized spacial score (nSPS) is 22.1. The number of amides is 1. The van der Waals surface area contributed by atoms with Crippen LogP contribution in [0, 0.1) is 23.5 Å². The van der Waals surface area contributed by atoms with Crippen LogP contribution in [0.1, 0.15) is 24.8 Å². The molecule has 4 nitrogen and oxygen atoms in total. The number of carboxylic acid groups (broad SMARTS) is 1. The van der Waals surface area contributed by atoms with E-state index in [9.17, 15) is 18.4 Å². The van der Waals surface area contributed by atoms with Crippen LogP contribution in [-0.2, 0) is 9.59 Å². The molecule has 20 heavy (non-hydrogen) atoms. The van der Waals surface area contributed by atoms with Crippen LogP contribution in [0.2, 0.25) is 0 Å². The van der Waals surface area contributed by atoms with Crippen molar-refractivity contribution in [3.8, 4) is 0 Å². The zero-order valence-corrected chi connectivity index (χ0v) is 10.9. The topological polar surface area (TPSA) is 66.4 Å². The number of carboxylic acids is 1. The standard InChI is InChI=1S/C14H15F2NO3/c1-7(9-3-2-8(15)4-12(9)16)6-17-13(18)10-5-11(10)14(19)20/h2-4,7,10-11H,5-6H2,1H3,(H,17,18)(H,19,20)/t7-,10-,11+/m1/s1. The third-order valence-corrected chi connectivity index (χ3v) is 3.52. The van der Waals surface area contributed by atoms with Gasteiger partial charge in [-0.25, -0.2) is 8.78 Å². The number of carbonyl (C=O) groups excluding carboxylic acids is 1. The van der Waals surface area contributed by atoms with Crippen molar-refractivity contribution in [3.05, 3.63) is 35.4 Å². The van der Waals surface area contributed by atoms with Crippen molar-refractivity contribution in [2.45, 2.75) is 19.3 Å². The second-order valence-electron chi connectivity index (χ2n) is 5.10. The summed E-state index contributed by atoms with van der Waals surface area (Å²) in [5, 5.41) is 11.3. The van der Waals surface area contributed by atoms with Crippen molar-refractivity contribution < 1.29 is 23.5 Å². The number of hydrogen-bond donors (Lipinski definition) is 2. The fourth-order valence-corrected chi connectivity index (χ4v) is 2.15. The lowest BCUT2D eigenvalue weighted by molar-refractivity contribution is -0.140. The molecule has 0 unspecified atom stereocenters. The largest absolute Gasteiger partial charge is 0.481 e. The van der Waals surface area contributed by atoms with Crippen molar-refractivity contribution in [2.24, 2.45) is 11.8 Å². The third-order valence-electron chi connectivity index (χ3n) is 3.52. The maximum atomic E-state index is 13.5. The van der Waals surface area contributed by atoms with Gasteiger partial charge in [0.1, 0.15) is 11.6 Å². The summed E-state index contributed by atoms with van der Waals surface area (Å²) < 4.78 is 26.3. The van der Waals surface area contributed by atoms with Crippen molar-refractivity contribution >= 4 is 11.9 Å². The molecular formula is C14H15F2NO3. The van der Waals surface area contributed by atoms with Crippen LogP contribution in [0.4, 0.5) is 8.78 Å². The maximum absolute atomic E-state index is 13.5. The molecular weight excluding hydrogens is 268 g/mol. The van der Waals surface area contributed by atoms with Gasteiger partial charge in [-0.15, -0.1) is 0 Å². The van der Waals surface area contributed by atoms with Gasteiger partial charge in [0.05, 0.1) is 11.8 Å². The molecule has 1 aromatic carbocycles. The first-order valence-corrected chi connectivity index (χ1v) is 6.35. The molecule has 0 spiro atoms. The lowest BCUT2D eigenvalue weighted by Crippen LogP contribution is -2.30. The highest BCUT2D eigenvalue weighted by molar-refractivity contribution is 5.89. The van der Waals surface area contributed by atoms with E-state index in [1.54, 1.807) is 6.92 Å². The predicted molar refractivity (Wildman–Crippen MR) is 67.0 cm³/mol. The number of benzene rings is 1. The summed E-state index contributed by atoms with van der Waals surface area (Å²) in [5.74, 6) is -4.01. The molecule has 3 atom stereocenters.